The maximum absolute atomic E-state index is 11.3. The standard InChI is InChI=1S/C15H14N2O4/c16-14(18)12-3-1-2-4-13(12)21-9-10-5-7-11(8-6-10)15(19)17-20/h1-8,20H,9H2,(H2,16,18)(H,17,19). The van der Waals surface area contributed by atoms with Gasteiger partial charge in [0.15, 0.2) is 0 Å². The van der Waals surface area contributed by atoms with Crippen LogP contribution in [0.15, 0.2) is 48.5 Å². The molecule has 21 heavy (non-hydrogen) atoms. The van der Waals surface area contributed by atoms with Crippen molar-refractivity contribution in [2.24, 2.45) is 5.73 Å². The lowest BCUT2D eigenvalue weighted by atomic mass is 10.1. The van der Waals surface area contributed by atoms with Gasteiger partial charge in [0.2, 0.25) is 0 Å². The number of ether oxygens (including phenoxy) is 1. The van der Waals surface area contributed by atoms with Gasteiger partial charge in [-0.2, -0.15) is 0 Å². The van der Waals surface area contributed by atoms with Crippen LogP contribution in [0.4, 0.5) is 0 Å². The number of benzene rings is 2. The van der Waals surface area contributed by atoms with Crippen molar-refractivity contribution in [3.05, 3.63) is 65.2 Å². The number of nitrogens with two attached hydrogens (primary N) is 1. The molecule has 2 aromatic carbocycles. The van der Waals surface area contributed by atoms with Crippen LogP contribution in [0, 0.1) is 0 Å². The summed E-state index contributed by atoms with van der Waals surface area (Å²) in [7, 11) is 0. The van der Waals surface area contributed by atoms with Crippen LogP contribution >= 0.6 is 0 Å². The zero-order valence-corrected chi connectivity index (χ0v) is 11.1. The highest BCUT2D eigenvalue weighted by molar-refractivity contribution is 5.95. The van der Waals surface area contributed by atoms with Gasteiger partial charge in [-0.15, -0.1) is 0 Å². The van der Waals surface area contributed by atoms with Crippen LogP contribution in [-0.4, -0.2) is 17.0 Å². The number of amides is 2. The van der Waals surface area contributed by atoms with Crippen LogP contribution in [-0.2, 0) is 6.61 Å². The molecule has 2 aromatic rings. The summed E-state index contributed by atoms with van der Waals surface area (Å²) < 4.78 is 5.56. The van der Waals surface area contributed by atoms with Crippen molar-refractivity contribution in [3.8, 4) is 5.75 Å². The quantitative estimate of drug-likeness (QED) is 0.572. The number of carbonyl (C=O) groups excluding carboxylic acids is 2. The smallest absolute Gasteiger partial charge is 0.274 e. The van der Waals surface area contributed by atoms with Crippen molar-refractivity contribution < 1.29 is 19.5 Å². The van der Waals surface area contributed by atoms with Crippen LogP contribution in [0.1, 0.15) is 26.3 Å². The van der Waals surface area contributed by atoms with Crippen LogP contribution in [0.5, 0.6) is 5.75 Å². The topological polar surface area (TPSA) is 102 Å². The van der Waals surface area contributed by atoms with Gasteiger partial charge in [0, 0.05) is 5.56 Å². The van der Waals surface area contributed by atoms with Gasteiger partial charge in [-0.3, -0.25) is 14.8 Å². The SMILES string of the molecule is NC(=O)c1ccccc1OCc1ccc(C(=O)NO)cc1. The van der Waals surface area contributed by atoms with Gasteiger partial charge in [-0.05, 0) is 29.8 Å². The van der Waals surface area contributed by atoms with Gasteiger partial charge in [-0.25, -0.2) is 5.48 Å². The molecular weight excluding hydrogens is 272 g/mol. The third kappa shape index (κ3) is 3.58. The van der Waals surface area contributed by atoms with E-state index in [4.69, 9.17) is 15.7 Å². The van der Waals surface area contributed by atoms with E-state index in [1.165, 1.54) is 0 Å². The number of hydrogen-bond donors (Lipinski definition) is 3. The molecular formula is C15H14N2O4. The van der Waals surface area contributed by atoms with Gasteiger partial charge in [0.05, 0.1) is 5.56 Å². The van der Waals surface area contributed by atoms with Crippen molar-refractivity contribution >= 4 is 11.8 Å². The van der Waals surface area contributed by atoms with E-state index in [0.717, 1.165) is 5.56 Å². The highest BCUT2D eigenvalue weighted by Crippen LogP contribution is 2.18. The number of nitrogens with one attached hydrogen (secondary N) is 1. The van der Waals surface area contributed by atoms with Gasteiger partial charge in [0.1, 0.15) is 12.4 Å². The third-order valence-electron chi connectivity index (χ3n) is 2.86. The first kappa shape index (κ1) is 14.5. The predicted molar refractivity (Wildman–Crippen MR) is 75.0 cm³/mol. The van der Waals surface area contributed by atoms with Gasteiger partial charge >= 0.3 is 0 Å². The largest absolute Gasteiger partial charge is 0.488 e. The molecule has 108 valence electrons. The molecule has 2 rings (SSSR count). The molecule has 0 heterocycles. The Bertz CT molecular complexity index is 653. The maximum atomic E-state index is 11.3. The summed E-state index contributed by atoms with van der Waals surface area (Å²) in [6.07, 6.45) is 0. The lowest BCUT2D eigenvalue weighted by molar-refractivity contribution is 0.0706. The Morgan fingerprint density at radius 3 is 2.38 bits per heavy atom. The second kappa shape index (κ2) is 6.53. The van der Waals surface area contributed by atoms with E-state index >= 15 is 0 Å². The number of carbonyl (C=O) groups is 2. The summed E-state index contributed by atoms with van der Waals surface area (Å²) in [5.41, 5.74) is 8.28. The van der Waals surface area contributed by atoms with Crippen molar-refractivity contribution in [3.63, 3.8) is 0 Å². The fourth-order valence-electron chi connectivity index (χ4n) is 1.77. The Hall–Kier alpha value is -2.86. The second-order valence-electron chi connectivity index (χ2n) is 4.29. The maximum Gasteiger partial charge on any atom is 0.274 e. The van der Waals surface area contributed by atoms with E-state index in [-0.39, 0.29) is 6.61 Å². The van der Waals surface area contributed by atoms with Crippen LogP contribution in [0.2, 0.25) is 0 Å². The molecule has 0 aliphatic heterocycles. The molecule has 0 bridgehead atoms. The van der Waals surface area contributed by atoms with Crippen LogP contribution in [0.3, 0.4) is 0 Å². The first-order valence-corrected chi connectivity index (χ1v) is 6.17. The molecule has 0 aromatic heterocycles. The molecule has 0 atom stereocenters. The highest BCUT2D eigenvalue weighted by atomic mass is 16.5. The Balaban J connectivity index is 2.07. The molecule has 0 unspecified atom stereocenters. The number of primary amides is 1. The monoisotopic (exact) mass is 286 g/mol. The van der Waals surface area contributed by atoms with Crippen LogP contribution < -0.4 is 16.0 Å². The fraction of sp³-hybridized carbons (Fsp3) is 0.0667. The molecule has 6 nitrogen and oxygen atoms in total. The molecule has 2 amide bonds. The molecule has 0 fully saturated rings. The fourth-order valence-corrected chi connectivity index (χ4v) is 1.77. The van der Waals surface area contributed by atoms with Crippen LogP contribution in [0.25, 0.3) is 0 Å². The van der Waals surface area contributed by atoms with E-state index < -0.39 is 11.8 Å². The Morgan fingerprint density at radius 1 is 1.10 bits per heavy atom. The average Bonchev–Trinajstić information content (AvgIpc) is 2.52. The number of rotatable bonds is 5. The number of hydroxylamine groups is 1. The summed E-state index contributed by atoms with van der Waals surface area (Å²) in [5, 5.41) is 8.52. The summed E-state index contributed by atoms with van der Waals surface area (Å²) in [5.74, 6) is -0.732. The first-order chi connectivity index (χ1) is 10.1. The number of hydrogen-bond acceptors (Lipinski definition) is 4. The molecule has 0 saturated carbocycles. The zero-order chi connectivity index (χ0) is 15.2. The highest BCUT2D eigenvalue weighted by Gasteiger charge is 2.08. The molecule has 0 aliphatic rings. The summed E-state index contributed by atoms with van der Waals surface area (Å²) in [4.78, 5) is 22.4. The third-order valence-corrected chi connectivity index (χ3v) is 2.86. The van der Waals surface area contributed by atoms with Crippen molar-refractivity contribution in [1.29, 1.82) is 0 Å². The van der Waals surface area contributed by atoms with E-state index in [1.54, 1.807) is 54.0 Å². The minimum Gasteiger partial charge on any atom is -0.488 e. The molecule has 0 saturated heterocycles. The van der Waals surface area contributed by atoms with E-state index in [1.807, 2.05) is 0 Å². The normalized spacial score (nSPS) is 9.95. The molecule has 4 N–H and O–H groups in total. The number of para-hydroxylation sites is 1. The Labute approximate surface area is 121 Å². The minimum atomic E-state index is -0.582. The second-order valence-corrected chi connectivity index (χ2v) is 4.29. The summed E-state index contributed by atoms with van der Waals surface area (Å²) in [6, 6.07) is 13.2. The Kier molecular flexibility index (Phi) is 4.53. The van der Waals surface area contributed by atoms with Gasteiger partial charge in [-0.1, -0.05) is 24.3 Å². The van der Waals surface area contributed by atoms with Gasteiger partial charge in [0.25, 0.3) is 11.8 Å². The van der Waals surface area contributed by atoms with Crippen molar-refractivity contribution in [1.82, 2.24) is 5.48 Å². The van der Waals surface area contributed by atoms with Gasteiger partial charge < -0.3 is 10.5 Å². The minimum absolute atomic E-state index is 0.227. The van der Waals surface area contributed by atoms with E-state index in [9.17, 15) is 9.59 Å². The Morgan fingerprint density at radius 2 is 1.76 bits per heavy atom. The van der Waals surface area contributed by atoms with E-state index in [0.29, 0.717) is 16.9 Å². The van der Waals surface area contributed by atoms with Crippen molar-refractivity contribution in [2.75, 3.05) is 0 Å². The molecule has 6 heteroatoms. The average molecular weight is 286 g/mol. The summed E-state index contributed by atoms with van der Waals surface area (Å²) >= 11 is 0. The van der Waals surface area contributed by atoms with E-state index in [2.05, 4.69) is 0 Å². The molecule has 0 radical (unpaired) electrons. The first-order valence-electron chi connectivity index (χ1n) is 6.17. The lowest BCUT2D eigenvalue weighted by Gasteiger charge is -2.09. The predicted octanol–water partition coefficient (Wildman–Crippen LogP) is 1.48. The summed E-state index contributed by atoms with van der Waals surface area (Å²) in [6.45, 7) is 0.227. The molecule has 0 spiro atoms. The zero-order valence-electron chi connectivity index (χ0n) is 11.1. The molecule has 0 aliphatic carbocycles. The van der Waals surface area contributed by atoms with Crippen molar-refractivity contribution in [2.45, 2.75) is 6.61 Å². The lowest BCUT2D eigenvalue weighted by Crippen LogP contribution is -2.18.